The second-order valence-electron chi connectivity index (χ2n) is 7.12. The first-order valence-electron chi connectivity index (χ1n) is 9.10. The molecule has 5 nitrogen and oxygen atoms in total. The lowest BCUT2D eigenvalue weighted by Gasteiger charge is -2.35. The van der Waals surface area contributed by atoms with Gasteiger partial charge in [-0.1, -0.05) is 55.9 Å². The zero-order valence-electron chi connectivity index (χ0n) is 15.4. The van der Waals surface area contributed by atoms with Crippen molar-refractivity contribution in [1.82, 2.24) is 15.3 Å². The highest BCUT2D eigenvalue weighted by Crippen LogP contribution is 2.26. The van der Waals surface area contributed by atoms with Crippen molar-refractivity contribution in [3.63, 3.8) is 0 Å². The number of carbonyl (C=O) groups is 1. The zero-order valence-corrected chi connectivity index (χ0v) is 16.2. The second-order valence-corrected chi connectivity index (χ2v) is 8.11. The third-order valence-electron chi connectivity index (χ3n) is 4.50. The number of thioether (sulfide) groups is 1. The third-order valence-corrected chi connectivity index (χ3v) is 5.43. The molecule has 1 aliphatic heterocycles. The van der Waals surface area contributed by atoms with E-state index in [0.717, 1.165) is 29.5 Å². The standard InChI is InChI=1S/C20H26N4OS/c1-15-8-16(2)12-24(11-15)18-9-20(23-14-22-18)26-13-19(25)21-10-17-6-4-3-5-7-17/h3-7,9,14-16H,8,10-13H2,1-2H3,(H,21,25)/t15-,16-/m0/s1. The molecular formula is C20H26N4OS. The van der Waals surface area contributed by atoms with E-state index in [0.29, 0.717) is 24.1 Å². The average Bonchev–Trinajstić information content (AvgIpc) is 2.65. The number of aromatic nitrogens is 2. The lowest BCUT2D eigenvalue weighted by Crippen LogP contribution is -2.39. The number of hydrogen-bond acceptors (Lipinski definition) is 5. The van der Waals surface area contributed by atoms with Gasteiger partial charge in [-0.3, -0.25) is 4.79 Å². The van der Waals surface area contributed by atoms with Gasteiger partial charge in [-0.05, 0) is 23.8 Å². The number of nitrogens with zero attached hydrogens (tertiary/aromatic N) is 3. The first kappa shape index (κ1) is 18.7. The van der Waals surface area contributed by atoms with Gasteiger partial charge in [-0.15, -0.1) is 0 Å². The summed E-state index contributed by atoms with van der Waals surface area (Å²) < 4.78 is 0. The van der Waals surface area contributed by atoms with E-state index in [1.165, 1.54) is 18.2 Å². The maximum Gasteiger partial charge on any atom is 0.230 e. The number of amides is 1. The van der Waals surface area contributed by atoms with E-state index in [1.54, 1.807) is 6.33 Å². The lowest BCUT2D eigenvalue weighted by molar-refractivity contribution is -0.118. The van der Waals surface area contributed by atoms with Gasteiger partial charge in [0.05, 0.1) is 5.75 Å². The summed E-state index contributed by atoms with van der Waals surface area (Å²) >= 11 is 1.45. The number of benzene rings is 1. The highest BCUT2D eigenvalue weighted by Gasteiger charge is 2.23. The summed E-state index contributed by atoms with van der Waals surface area (Å²) in [6.07, 6.45) is 2.87. The van der Waals surface area contributed by atoms with Crippen molar-refractivity contribution in [2.75, 3.05) is 23.7 Å². The molecule has 2 atom stereocenters. The van der Waals surface area contributed by atoms with E-state index in [-0.39, 0.29) is 5.91 Å². The van der Waals surface area contributed by atoms with Crippen LogP contribution in [0.2, 0.25) is 0 Å². The summed E-state index contributed by atoms with van der Waals surface area (Å²) in [4.78, 5) is 23.2. The molecular weight excluding hydrogens is 344 g/mol. The predicted octanol–water partition coefficient (Wildman–Crippen LogP) is 3.37. The number of nitrogens with one attached hydrogen (secondary N) is 1. The van der Waals surface area contributed by atoms with Gasteiger partial charge in [-0.2, -0.15) is 0 Å². The fourth-order valence-corrected chi connectivity index (χ4v) is 4.11. The largest absolute Gasteiger partial charge is 0.356 e. The van der Waals surface area contributed by atoms with Crippen molar-refractivity contribution in [3.8, 4) is 0 Å². The molecule has 0 radical (unpaired) electrons. The molecule has 0 bridgehead atoms. The van der Waals surface area contributed by atoms with Crippen LogP contribution in [0.25, 0.3) is 0 Å². The van der Waals surface area contributed by atoms with Gasteiger partial charge in [0, 0.05) is 25.7 Å². The number of carbonyl (C=O) groups excluding carboxylic acids is 1. The molecule has 0 spiro atoms. The molecule has 3 rings (SSSR count). The molecule has 1 fully saturated rings. The van der Waals surface area contributed by atoms with Crippen LogP contribution in [0.15, 0.2) is 47.8 Å². The number of rotatable bonds is 6. The van der Waals surface area contributed by atoms with Crippen molar-refractivity contribution in [2.45, 2.75) is 31.8 Å². The molecule has 1 saturated heterocycles. The SMILES string of the molecule is C[C@H]1C[C@H](C)CN(c2cc(SCC(=O)NCc3ccccc3)ncn2)C1. The summed E-state index contributed by atoms with van der Waals surface area (Å²) in [5, 5.41) is 3.79. The van der Waals surface area contributed by atoms with Gasteiger partial charge in [0.2, 0.25) is 5.91 Å². The van der Waals surface area contributed by atoms with Gasteiger partial charge in [0.1, 0.15) is 17.2 Å². The normalized spacial score (nSPS) is 20.0. The van der Waals surface area contributed by atoms with Crippen LogP contribution < -0.4 is 10.2 Å². The number of anilines is 1. The molecule has 1 aromatic heterocycles. The zero-order chi connectivity index (χ0) is 18.4. The Kier molecular flexibility index (Phi) is 6.50. The Bertz CT molecular complexity index is 715. The Morgan fingerprint density at radius 2 is 1.92 bits per heavy atom. The smallest absolute Gasteiger partial charge is 0.230 e. The van der Waals surface area contributed by atoms with Crippen LogP contribution >= 0.6 is 11.8 Å². The van der Waals surface area contributed by atoms with Crippen LogP contribution in [0.4, 0.5) is 5.82 Å². The van der Waals surface area contributed by atoms with Crippen molar-refractivity contribution < 1.29 is 4.79 Å². The monoisotopic (exact) mass is 370 g/mol. The van der Waals surface area contributed by atoms with Crippen molar-refractivity contribution >= 4 is 23.5 Å². The highest BCUT2D eigenvalue weighted by atomic mass is 32.2. The van der Waals surface area contributed by atoms with Gasteiger partial charge in [-0.25, -0.2) is 9.97 Å². The Morgan fingerprint density at radius 3 is 2.65 bits per heavy atom. The molecule has 1 aliphatic rings. The molecule has 0 unspecified atom stereocenters. The molecule has 2 aromatic rings. The minimum absolute atomic E-state index is 0.0132. The van der Waals surface area contributed by atoms with E-state index < -0.39 is 0 Å². The average molecular weight is 371 g/mol. The first-order chi connectivity index (χ1) is 12.6. The molecule has 0 saturated carbocycles. The Hall–Kier alpha value is -2.08. The van der Waals surface area contributed by atoms with Crippen LogP contribution in [-0.2, 0) is 11.3 Å². The minimum Gasteiger partial charge on any atom is -0.356 e. The molecule has 0 aliphatic carbocycles. The fourth-order valence-electron chi connectivity index (χ4n) is 3.42. The number of hydrogen-bond donors (Lipinski definition) is 1. The van der Waals surface area contributed by atoms with Crippen LogP contribution in [0.1, 0.15) is 25.8 Å². The fraction of sp³-hybridized carbons (Fsp3) is 0.450. The minimum atomic E-state index is 0.0132. The number of piperidine rings is 1. The Balaban J connectivity index is 1.51. The van der Waals surface area contributed by atoms with Crippen molar-refractivity contribution in [2.24, 2.45) is 11.8 Å². The van der Waals surface area contributed by atoms with Crippen LogP contribution in [0, 0.1) is 11.8 Å². The maximum atomic E-state index is 12.1. The van der Waals surface area contributed by atoms with Crippen molar-refractivity contribution in [1.29, 1.82) is 0 Å². The van der Waals surface area contributed by atoms with Crippen LogP contribution in [0.5, 0.6) is 0 Å². The molecule has 1 aromatic carbocycles. The van der Waals surface area contributed by atoms with E-state index >= 15 is 0 Å². The van der Waals surface area contributed by atoms with E-state index in [1.807, 2.05) is 36.4 Å². The predicted molar refractivity (Wildman–Crippen MR) is 106 cm³/mol. The van der Waals surface area contributed by atoms with Gasteiger partial charge < -0.3 is 10.2 Å². The van der Waals surface area contributed by atoms with E-state index in [4.69, 9.17) is 0 Å². The Morgan fingerprint density at radius 1 is 1.19 bits per heavy atom. The lowest BCUT2D eigenvalue weighted by atomic mass is 9.92. The second kappa shape index (κ2) is 9.03. The highest BCUT2D eigenvalue weighted by molar-refractivity contribution is 7.99. The van der Waals surface area contributed by atoms with Gasteiger partial charge in [0.15, 0.2) is 0 Å². The van der Waals surface area contributed by atoms with Gasteiger partial charge >= 0.3 is 0 Å². The maximum absolute atomic E-state index is 12.1. The third kappa shape index (κ3) is 5.46. The summed E-state index contributed by atoms with van der Waals surface area (Å²) in [6.45, 7) is 7.19. The Labute approximate surface area is 159 Å². The molecule has 1 N–H and O–H groups in total. The summed E-state index contributed by atoms with van der Waals surface area (Å²) in [5.74, 6) is 2.68. The first-order valence-corrected chi connectivity index (χ1v) is 10.1. The summed E-state index contributed by atoms with van der Waals surface area (Å²) in [5.41, 5.74) is 1.10. The van der Waals surface area contributed by atoms with E-state index in [9.17, 15) is 4.79 Å². The molecule has 26 heavy (non-hydrogen) atoms. The summed E-state index contributed by atoms with van der Waals surface area (Å²) in [6, 6.07) is 11.9. The van der Waals surface area contributed by atoms with Crippen LogP contribution in [-0.4, -0.2) is 34.7 Å². The topological polar surface area (TPSA) is 58.1 Å². The van der Waals surface area contributed by atoms with Gasteiger partial charge in [0.25, 0.3) is 0 Å². The summed E-state index contributed by atoms with van der Waals surface area (Å²) in [7, 11) is 0. The quantitative estimate of drug-likeness (QED) is 0.624. The molecule has 138 valence electrons. The molecule has 2 heterocycles. The van der Waals surface area contributed by atoms with Crippen LogP contribution in [0.3, 0.4) is 0 Å². The van der Waals surface area contributed by atoms with Crippen molar-refractivity contribution in [3.05, 3.63) is 48.3 Å². The molecule has 1 amide bonds. The molecule has 6 heteroatoms. The van der Waals surface area contributed by atoms with E-state index in [2.05, 4.69) is 34.0 Å².